The second-order valence-corrected chi connectivity index (χ2v) is 13.4. The number of carbonyl (C=O) groups is 2. The van der Waals surface area contributed by atoms with Crippen LogP contribution in [0.4, 0.5) is 5.69 Å². The number of benzene rings is 3. The van der Waals surface area contributed by atoms with Gasteiger partial charge in [-0.05, 0) is 73.1 Å². The van der Waals surface area contributed by atoms with Crippen LogP contribution in [0.25, 0.3) is 0 Å². The Bertz CT molecular complexity index is 1450. The highest BCUT2D eigenvalue weighted by Gasteiger charge is 2.34. The maximum atomic E-state index is 14.2. The van der Waals surface area contributed by atoms with Crippen LogP contribution < -0.4 is 9.62 Å². The Morgan fingerprint density at radius 2 is 1.48 bits per heavy atom. The summed E-state index contributed by atoms with van der Waals surface area (Å²) in [6, 6.07) is 20.8. The van der Waals surface area contributed by atoms with E-state index in [0.717, 1.165) is 26.6 Å². The highest BCUT2D eigenvalue weighted by molar-refractivity contribution is 7.92. The van der Waals surface area contributed by atoms with Crippen molar-refractivity contribution in [1.29, 1.82) is 0 Å². The summed E-state index contributed by atoms with van der Waals surface area (Å²) in [6.45, 7) is 14.1. The monoisotopic (exact) mass is 591 g/mol. The molecule has 0 spiro atoms. The van der Waals surface area contributed by atoms with Crippen LogP contribution in [0.3, 0.4) is 0 Å². The zero-order valence-corrected chi connectivity index (χ0v) is 26.7. The van der Waals surface area contributed by atoms with Gasteiger partial charge in [-0.15, -0.1) is 0 Å². The summed E-state index contributed by atoms with van der Waals surface area (Å²) in [5.41, 5.74) is 4.27. The number of nitrogens with one attached hydrogen (secondary N) is 1. The van der Waals surface area contributed by atoms with Crippen molar-refractivity contribution in [2.24, 2.45) is 5.92 Å². The number of anilines is 1. The van der Waals surface area contributed by atoms with Crippen LogP contribution in [-0.4, -0.2) is 44.3 Å². The number of rotatable bonds is 13. The van der Waals surface area contributed by atoms with Gasteiger partial charge in [0.05, 0.1) is 10.6 Å². The molecule has 0 heterocycles. The molecule has 8 heteroatoms. The molecule has 3 aromatic carbocycles. The van der Waals surface area contributed by atoms with Crippen molar-refractivity contribution < 1.29 is 18.0 Å². The number of amides is 2. The molecule has 0 aliphatic carbocycles. The molecule has 0 saturated heterocycles. The predicted molar refractivity (Wildman–Crippen MR) is 170 cm³/mol. The number of carbonyl (C=O) groups excluding carboxylic acids is 2. The van der Waals surface area contributed by atoms with E-state index in [9.17, 15) is 18.0 Å². The minimum Gasteiger partial charge on any atom is -0.354 e. The molecule has 0 bridgehead atoms. The van der Waals surface area contributed by atoms with Gasteiger partial charge in [-0.3, -0.25) is 13.9 Å². The van der Waals surface area contributed by atoms with Crippen molar-refractivity contribution in [3.63, 3.8) is 0 Å². The molecule has 0 fully saturated rings. The van der Waals surface area contributed by atoms with Crippen molar-refractivity contribution in [3.05, 3.63) is 95.1 Å². The number of aryl methyl sites for hydroxylation is 2. The van der Waals surface area contributed by atoms with Crippen molar-refractivity contribution >= 4 is 27.5 Å². The Hall–Kier alpha value is -3.65. The van der Waals surface area contributed by atoms with Crippen LogP contribution in [0.2, 0.25) is 0 Å². The summed E-state index contributed by atoms with van der Waals surface area (Å²) < 4.78 is 29.3. The van der Waals surface area contributed by atoms with Crippen LogP contribution in [0, 0.1) is 19.8 Å². The summed E-state index contributed by atoms with van der Waals surface area (Å²) in [6.07, 6.45) is 0.384. The standard InChI is InChI=1S/C34H45N3O4S/c1-8-32(34(39)35-21-24(2)3)36(22-29-12-10-9-11-27(29)7)33(38)23-37(30-17-15-28(16-18-30)25(4)5)42(40,41)31-19-13-26(6)14-20-31/h9-20,24-25,32H,8,21-23H2,1-7H3,(H,35,39)/t32-/m1/s1. The topological polar surface area (TPSA) is 86.8 Å². The molecule has 7 nitrogen and oxygen atoms in total. The van der Waals surface area contributed by atoms with Crippen molar-refractivity contribution in [2.45, 2.75) is 78.3 Å². The first-order chi connectivity index (χ1) is 19.8. The molecule has 3 rings (SSSR count). The number of hydrogen-bond donors (Lipinski definition) is 1. The highest BCUT2D eigenvalue weighted by Crippen LogP contribution is 2.27. The SMILES string of the molecule is CC[C@H](C(=O)NCC(C)C)N(Cc1ccccc1C)C(=O)CN(c1ccc(C(C)C)cc1)S(=O)(=O)c1ccc(C)cc1. The summed E-state index contributed by atoms with van der Waals surface area (Å²) in [5, 5.41) is 2.97. The van der Waals surface area contributed by atoms with E-state index in [1.54, 1.807) is 36.4 Å². The Labute approximate surface area is 252 Å². The fraction of sp³-hybridized carbons (Fsp3) is 0.412. The first kappa shape index (κ1) is 32.9. The van der Waals surface area contributed by atoms with Gasteiger partial charge in [0.2, 0.25) is 11.8 Å². The molecule has 3 aromatic rings. The zero-order valence-electron chi connectivity index (χ0n) is 25.9. The van der Waals surface area contributed by atoms with Gasteiger partial charge in [0.15, 0.2) is 0 Å². The van der Waals surface area contributed by atoms with Gasteiger partial charge in [-0.2, -0.15) is 0 Å². The number of nitrogens with zero attached hydrogens (tertiary/aromatic N) is 2. The smallest absolute Gasteiger partial charge is 0.264 e. The average Bonchev–Trinajstić information content (AvgIpc) is 2.95. The maximum absolute atomic E-state index is 14.2. The normalized spacial score (nSPS) is 12.3. The average molecular weight is 592 g/mol. The molecule has 0 saturated carbocycles. The lowest BCUT2D eigenvalue weighted by Gasteiger charge is -2.33. The maximum Gasteiger partial charge on any atom is 0.264 e. The lowest BCUT2D eigenvalue weighted by atomic mass is 10.0. The van der Waals surface area contributed by atoms with E-state index in [2.05, 4.69) is 19.2 Å². The lowest BCUT2D eigenvalue weighted by Crippen LogP contribution is -2.52. The van der Waals surface area contributed by atoms with Crippen LogP contribution in [-0.2, 0) is 26.2 Å². The molecule has 226 valence electrons. The number of sulfonamides is 1. The van der Waals surface area contributed by atoms with E-state index < -0.39 is 28.5 Å². The minimum absolute atomic E-state index is 0.0982. The fourth-order valence-corrected chi connectivity index (χ4v) is 6.12. The van der Waals surface area contributed by atoms with Crippen LogP contribution in [0.1, 0.15) is 69.2 Å². The Balaban J connectivity index is 2.07. The van der Waals surface area contributed by atoms with Gasteiger partial charge in [0, 0.05) is 13.1 Å². The van der Waals surface area contributed by atoms with Gasteiger partial charge < -0.3 is 10.2 Å². The molecule has 0 aliphatic rings. The first-order valence-electron chi connectivity index (χ1n) is 14.7. The lowest BCUT2D eigenvalue weighted by molar-refractivity contribution is -0.140. The Morgan fingerprint density at radius 1 is 0.857 bits per heavy atom. The van der Waals surface area contributed by atoms with E-state index in [1.807, 2.05) is 71.0 Å². The molecule has 0 aliphatic heterocycles. The van der Waals surface area contributed by atoms with Gasteiger partial charge in [-0.1, -0.05) is 88.7 Å². The second kappa shape index (κ2) is 14.5. The quantitative estimate of drug-likeness (QED) is 0.256. The van der Waals surface area contributed by atoms with Gasteiger partial charge in [0.25, 0.3) is 10.0 Å². The van der Waals surface area contributed by atoms with Crippen LogP contribution in [0.15, 0.2) is 77.7 Å². The summed E-state index contributed by atoms with van der Waals surface area (Å²) in [4.78, 5) is 29.2. The molecule has 2 amide bonds. The molecule has 1 atom stereocenters. The molecule has 0 aromatic heterocycles. The van der Waals surface area contributed by atoms with Gasteiger partial charge in [0.1, 0.15) is 12.6 Å². The van der Waals surface area contributed by atoms with Crippen molar-refractivity contribution in [2.75, 3.05) is 17.4 Å². The van der Waals surface area contributed by atoms with Crippen LogP contribution >= 0.6 is 0 Å². The minimum atomic E-state index is -4.10. The Morgan fingerprint density at radius 3 is 2.02 bits per heavy atom. The van der Waals surface area contributed by atoms with Crippen LogP contribution in [0.5, 0.6) is 0 Å². The van der Waals surface area contributed by atoms with E-state index in [0.29, 0.717) is 18.7 Å². The third-order valence-electron chi connectivity index (χ3n) is 7.41. The first-order valence-corrected chi connectivity index (χ1v) is 16.1. The van der Waals surface area contributed by atoms with E-state index in [-0.39, 0.29) is 29.2 Å². The zero-order chi connectivity index (χ0) is 31.0. The second-order valence-electron chi connectivity index (χ2n) is 11.6. The predicted octanol–water partition coefficient (Wildman–Crippen LogP) is 6.20. The van der Waals surface area contributed by atoms with Gasteiger partial charge >= 0.3 is 0 Å². The van der Waals surface area contributed by atoms with Crippen molar-refractivity contribution in [3.8, 4) is 0 Å². The van der Waals surface area contributed by atoms with E-state index in [1.165, 1.54) is 4.90 Å². The molecular formula is C34H45N3O4S. The largest absolute Gasteiger partial charge is 0.354 e. The number of hydrogen-bond acceptors (Lipinski definition) is 4. The summed E-state index contributed by atoms with van der Waals surface area (Å²) in [5.74, 6) is -0.186. The third kappa shape index (κ3) is 8.22. The molecule has 1 N–H and O–H groups in total. The van der Waals surface area contributed by atoms with Gasteiger partial charge in [-0.25, -0.2) is 8.42 Å². The molecule has 0 radical (unpaired) electrons. The fourth-order valence-electron chi connectivity index (χ4n) is 4.70. The molecule has 42 heavy (non-hydrogen) atoms. The third-order valence-corrected chi connectivity index (χ3v) is 9.20. The summed E-state index contributed by atoms with van der Waals surface area (Å²) >= 11 is 0. The Kier molecular flexibility index (Phi) is 11.3. The van der Waals surface area contributed by atoms with E-state index >= 15 is 0 Å². The van der Waals surface area contributed by atoms with E-state index in [4.69, 9.17) is 0 Å². The summed E-state index contributed by atoms with van der Waals surface area (Å²) in [7, 11) is -4.10. The van der Waals surface area contributed by atoms with Crippen molar-refractivity contribution in [1.82, 2.24) is 10.2 Å². The molecule has 0 unspecified atom stereocenters. The molecular weight excluding hydrogens is 546 g/mol. The highest BCUT2D eigenvalue weighted by atomic mass is 32.2.